The predicted octanol–water partition coefficient (Wildman–Crippen LogP) is 4.73. The van der Waals surface area contributed by atoms with Crippen molar-refractivity contribution in [3.05, 3.63) is 89.2 Å². The Balaban J connectivity index is 1.66. The highest BCUT2D eigenvalue weighted by atomic mass is 35.5. The van der Waals surface area contributed by atoms with Crippen molar-refractivity contribution in [3.8, 4) is 5.75 Å². The molecular weight excluding hydrogens is 499 g/mol. The van der Waals surface area contributed by atoms with Crippen molar-refractivity contribution in [1.29, 1.82) is 0 Å². The van der Waals surface area contributed by atoms with Crippen molar-refractivity contribution >= 4 is 45.0 Å². The monoisotopic (exact) mass is 522 g/mol. The van der Waals surface area contributed by atoms with E-state index in [0.717, 1.165) is 4.31 Å². The fourth-order valence-electron chi connectivity index (χ4n) is 3.07. The number of benzene rings is 3. The van der Waals surface area contributed by atoms with E-state index in [-0.39, 0.29) is 16.4 Å². The third-order valence-corrected chi connectivity index (χ3v) is 7.85. The van der Waals surface area contributed by atoms with Gasteiger partial charge in [-0.1, -0.05) is 35.9 Å². The third kappa shape index (κ3) is 6.88. The number of rotatable bonds is 11. The van der Waals surface area contributed by atoms with Gasteiger partial charge in [0.15, 0.2) is 0 Å². The molecule has 3 aromatic rings. The highest BCUT2D eigenvalue weighted by Gasteiger charge is 2.27. The van der Waals surface area contributed by atoms with Gasteiger partial charge in [0.25, 0.3) is 10.0 Å². The van der Waals surface area contributed by atoms with E-state index in [1.165, 1.54) is 55.3 Å². The number of thioether (sulfide) groups is 1. The molecule has 0 fully saturated rings. The number of amides is 1. The first-order valence-electron chi connectivity index (χ1n) is 10.3. The van der Waals surface area contributed by atoms with Gasteiger partial charge in [-0.15, -0.1) is 0 Å². The average Bonchev–Trinajstić information content (AvgIpc) is 2.83. The van der Waals surface area contributed by atoms with E-state index in [9.17, 15) is 17.6 Å². The molecule has 0 atom stereocenters. The van der Waals surface area contributed by atoms with Gasteiger partial charge in [0.05, 0.1) is 17.7 Å². The van der Waals surface area contributed by atoms with Crippen molar-refractivity contribution in [3.63, 3.8) is 0 Å². The van der Waals surface area contributed by atoms with Crippen LogP contribution in [0.2, 0.25) is 5.02 Å². The second-order valence-corrected chi connectivity index (χ2v) is 10.6. The molecule has 0 saturated heterocycles. The normalized spacial score (nSPS) is 11.1. The molecule has 3 rings (SSSR count). The first-order chi connectivity index (χ1) is 16.3. The number of anilines is 1. The van der Waals surface area contributed by atoms with Gasteiger partial charge >= 0.3 is 0 Å². The summed E-state index contributed by atoms with van der Waals surface area (Å²) in [6.07, 6.45) is 0. The lowest BCUT2D eigenvalue weighted by Gasteiger charge is -2.24. The van der Waals surface area contributed by atoms with E-state index in [4.69, 9.17) is 16.3 Å². The van der Waals surface area contributed by atoms with Gasteiger partial charge in [-0.2, -0.15) is 11.8 Å². The van der Waals surface area contributed by atoms with Crippen LogP contribution in [0.25, 0.3) is 0 Å². The van der Waals surface area contributed by atoms with Crippen molar-refractivity contribution in [1.82, 2.24) is 5.32 Å². The number of halogens is 2. The largest absolute Gasteiger partial charge is 0.497 e. The van der Waals surface area contributed by atoms with Crippen LogP contribution in [0, 0.1) is 5.82 Å². The summed E-state index contributed by atoms with van der Waals surface area (Å²) < 4.78 is 46.5. The lowest BCUT2D eigenvalue weighted by atomic mass is 10.2. The van der Waals surface area contributed by atoms with Gasteiger partial charge in [-0.3, -0.25) is 9.10 Å². The molecule has 3 aromatic carbocycles. The maximum atomic E-state index is 13.7. The SMILES string of the molecule is COc1ccc(S(=O)(=O)N(CC(=O)NCCSCc2ccccc2F)c2cccc(Cl)c2)cc1. The summed E-state index contributed by atoms with van der Waals surface area (Å²) in [4.78, 5) is 12.7. The summed E-state index contributed by atoms with van der Waals surface area (Å²) >= 11 is 7.54. The van der Waals surface area contributed by atoms with Gasteiger partial charge < -0.3 is 10.1 Å². The number of methoxy groups -OCH3 is 1. The van der Waals surface area contributed by atoms with Gasteiger partial charge in [0, 0.05) is 23.1 Å². The second kappa shape index (κ2) is 12.1. The van der Waals surface area contributed by atoms with E-state index < -0.39 is 22.5 Å². The summed E-state index contributed by atoms with van der Waals surface area (Å²) in [5.41, 5.74) is 0.865. The summed E-state index contributed by atoms with van der Waals surface area (Å²) in [5, 5.41) is 3.07. The summed E-state index contributed by atoms with van der Waals surface area (Å²) in [7, 11) is -2.57. The Morgan fingerprint density at radius 2 is 1.82 bits per heavy atom. The zero-order valence-corrected chi connectivity index (χ0v) is 20.8. The Hall–Kier alpha value is -2.75. The highest BCUT2D eigenvalue weighted by molar-refractivity contribution is 7.98. The molecule has 0 aliphatic rings. The van der Waals surface area contributed by atoms with Crippen LogP contribution in [0.3, 0.4) is 0 Å². The number of hydrogen-bond donors (Lipinski definition) is 1. The van der Waals surface area contributed by atoms with Crippen LogP contribution in [-0.2, 0) is 20.6 Å². The van der Waals surface area contributed by atoms with Crippen LogP contribution in [-0.4, -0.2) is 40.3 Å². The number of ether oxygens (including phenoxy) is 1. The third-order valence-electron chi connectivity index (χ3n) is 4.81. The molecule has 6 nitrogen and oxygen atoms in total. The Bertz CT molecular complexity index is 1220. The van der Waals surface area contributed by atoms with E-state index in [2.05, 4.69) is 5.32 Å². The summed E-state index contributed by atoms with van der Waals surface area (Å²) in [6.45, 7) is -0.114. The molecule has 0 spiro atoms. The standard InChI is InChI=1S/C24H24ClFN2O4S2/c1-32-21-9-11-22(12-10-21)34(30,31)28(20-7-4-6-19(25)15-20)16-24(29)27-13-14-33-17-18-5-2-3-8-23(18)26/h2-12,15H,13-14,16-17H2,1H3,(H,27,29). The second-order valence-electron chi connectivity index (χ2n) is 7.16. The van der Waals surface area contributed by atoms with Crippen molar-refractivity contribution in [2.75, 3.05) is 30.3 Å². The summed E-state index contributed by atoms with van der Waals surface area (Å²) in [6, 6.07) is 18.7. The predicted molar refractivity (Wildman–Crippen MR) is 135 cm³/mol. The van der Waals surface area contributed by atoms with Crippen LogP contribution in [0.4, 0.5) is 10.1 Å². The highest BCUT2D eigenvalue weighted by Crippen LogP contribution is 2.27. The van der Waals surface area contributed by atoms with Gasteiger partial charge in [-0.25, -0.2) is 12.8 Å². The fourth-order valence-corrected chi connectivity index (χ4v) is 5.51. The van der Waals surface area contributed by atoms with Crippen LogP contribution in [0.1, 0.15) is 5.56 Å². The van der Waals surface area contributed by atoms with Crippen LogP contribution in [0.5, 0.6) is 5.75 Å². The number of carbonyl (C=O) groups is 1. The van der Waals surface area contributed by atoms with Crippen molar-refractivity contribution in [2.45, 2.75) is 10.6 Å². The van der Waals surface area contributed by atoms with Crippen LogP contribution >= 0.6 is 23.4 Å². The molecular formula is C24H24ClFN2O4S2. The number of nitrogens with one attached hydrogen (secondary N) is 1. The Morgan fingerprint density at radius 3 is 2.50 bits per heavy atom. The number of carbonyl (C=O) groups excluding carboxylic acids is 1. The van der Waals surface area contributed by atoms with E-state index in [1.54, 1.807) is 36.4 Å². The first kappa shape index (κ1) is 25.9. The van der Waals surface area contributed by atoms with Crippen LogP contribution < -0.4 is 14.4 Å². The molecule has 0 heterocycles. The van der Waals surface area contributed by atoms with E-state index >= 15 is 0 Å². The smallest absolute Gasteiger partial charge is 0.264 e. The van der Waals surface area contributed by atoms with Gasteiger partial charge in [0.2, 0.25) is 5.91 Å². The maximum absolute atomic E-state index is 13.7. The lowest BCUT2D eigenvalue weighted by molar-refractivity contribution is -0.119. The van der Waals surface area contributed by atoms with E-state index in [0.29, 0.717) is 34.4 Å². The topological polar surface area (TPSA) is 75.7 Å². The Kier molecular flexibility index (Phi) is 9.20. The zero-order valence-electron chi connectivity index (χ0n) is 18.4. The molecule has 0 aliphatic heterocycles. The van der Waals surface area contributed by atoms with Crippen molar-refractivity contribution < 1.29 is 22.3 Å². The number of hydrogen-bond acceptors (Lipinski definition) is 5. The first-order valence-corrected chi connectivity index (χ1v) is 13.3. The average molecular weight is 523 g/mol. The molecule has 0 aliphatic carbocycles. The molecule has 0 aromatic heterocycles. The molecule has 1 amide bonds. The van der Waals surface area contributed by atoms with Crippen molar-refractivity contribution in [2.24, 2.45) is 0 Å². The molecule has 34 heavy (non-hydrogen) atoms. The summed E-state index contributed by atoms with van der Waals surface area (Å²) in [5.74, 6) is 0.799. The van der Waals surface area contributed by atoms with Gasteiger partial charge in [-0.05, 0) is 54.1 Å². The Morgan fingerprint density at radius 1 is 1.09 bits per heavy atom. The van der Waals surface area contributed by atoms with Crippen LogP contribution in [0.15, 0.2) is 77.7 Å². The molecule has 180 valence electrons. The molecule has 0 unspecified atom stereocenters. The van der Waals surface area contributed by atoms with Gasteiger partial charge in [0.1, 0.15) is 18.1 Å². The molecule has 0 radical (unpaired) electrons. The zero-order chi connectivity index (χ0) is 24.6. The minimum absolute atomic E-state index is 0.0153. The Labute approximate surface area is 208 Å². The minimum atomic E-state index is -4.06. The quantitative estimate of drug-likeness (QED) is 0.368. The molecule has 1 N–H and O–H groups in total. The number of nitrogens with zero attached hydrogens (tertiary/aromatic N) is 1. The minimum Gasteiger partial charge on any atom is -0.497 e. The molecule has 0 saturated carbocycles. The maximum Gasteiger partial charge on any atom is 0.264 e. The van der Waals surface area contributed by atoms with E-state index in [1.807, 2.05) is 0 Å². The molecule has 10 heteroatoms. The molecule has 0 bridgehead atoms. The lowest BCUT2D eigenvalue weighted by Crippen LogP contribution is -2.41. The number of sulfonamides is 1. The fraction of sp³-hybridized carbons (Fsp3) is 0.208.